The number of hydrogen-bond acceptors (Lipinski definition) is 1. The molecule has 1 nitrogen and oxygen atoms in total. The van der Waals surface area contributed by atoms with Crippen molar-refractivity contribution in [1.82, 2.24) is 0 Å². The Hall–Kier alpha value is -1.54. The quantitative estimate of drug-likeness (QED) is 0.680. The Kier molecular flexibility index (Phi) is 4.89. The molecule has 0 saturated heterocycles. The molecule has 1 aromatic rings. The summed E-state index contributed by atoms with van der Waals surface area (Å²) in [6, 6.07) is 5.33. The third-order valence-electron chi connectivity index (χ3n) is 3.49. The Morgan fingerprint density at radius 1 is 1.10 bits per heavy atom. The van der Waals surface area contributed by atoms with E-state index in [0.717, 1.165) is 35.4 Å². The lowest BCUT2D eigenvalue weighted by molar-refractivity contribution is -0.137. The van der Waals surface area contributed by atoms with Crippen molar-refractivity contribution in [3.63, 3.8) is 0 Å². The molecule has 112 valence electrons. The molecule has 0 radical (unpaired) electrons. The van der Waals surface area contributed by atoms with Gasteiger partial charge < -0.3 is 4.52 Å². The number of allylic oxidation sites excluding steroid dienone is 5. The maximum Gasteiger partial charge on any atom is 0.416 e. The third kappa shape index (κ3) is 3.98. The smallest absolute Gasteiger partial charge is 0.416 e. The highest BCUT2D eigenvalue weighted by molar-refractivity contribution is 7.10. The lowest BCUT2D eigenvalue weighted by Crippen LogP contribution is -2.05. The van der Waals surface area contributed by atoms with E-state index in [1.807, 2.05) is 25.2 Å². The minimum absolute atomic E-state index is 0.0285. The molecule has 0 aliphatic heterocycles. The largest absolute Gasteiger partial charge is 0.481 e. The second kappa shape index (κ2) is 6.48. The van der Waals surface area contributed by atoms with Crippen LogP contribution in [0.4, 0.5) is 13.2 Å². The highest BCUT2D eigenvalue weighted by atomic mass is 31.0. The summed E-state index contributed by atoms with van der Waals surface area (Å²) in [4.78, 5) is 0. The highest BCUT2D eigenvalue weighted by Gasteiger charge is 2.30. The van der Waals surface area contributed by atoms with Crippen LogP contribution in [-0.2, 0) is 10.7 Å². The fourth-order valence-corrected chi connectivity index (χ4v) is 2.36. The molecule has 0 saturated carbocycles. The number of alkyl halides is 3. The topological polar surface area (TPSA) is 9.23 Å². The monoisotopic (exact) mass is 312 g/mol. The first-order valence-electron chi connectivity index (χ1n) is 6.54. The SMILES string of the molecule is CC(C1=CCC=C(OP)C=C1)c1ccc(C(F)(F)F)cc1. The number of hydrogen-bond donors (Lipinski definition) is 0. The van der Waals surface area contributed by atoms with Crippen molar-refractivity contribution in [2.75, 3.05) is 0 Å². The molecule has 2 rings (SSSR count). The van der Waals surface area contributed by atoms with Gasteiger partial charge in [0.1, 0.15) is 5.76 Å². The lowest BCUT2D eigenvalue weighted by atomic mass is 9.91. The lowest BCUT2D eigenvalue weighted by Gasteiger charge is -2.14. The van der Waals surface area contributed by atoms with Crippen molar-refractivity contribution in [2.24, 2.45) is 0 Å². The number of rotatable bonds is 3. The molecule has 0 aromatic heterocycles. The van der Waals surface area contributed by atoms with Crippen LogP contribution in [0.3, 0.4) is 0 Å². The molecule has 1 aliphatic carbocycles. The van der Waals surface area contributed by atoms with Gasteiger partial charge in [-0.1, -0.05) is 31.2 Å². The van der Waals surface area contributed by atoms with Crippen molar-refractivity contribution in [3.8, 4) is 0 Å². The molecule has 0 fully saturated rings. The van der Waals surface area contributed by atoms with Gasteiger partial charge in [0.2, 0.25) is 0 Å². The van der Waals surface area contributed by atoms with E-state index in [1.165, 1.54) is 12.1 Å². The van der Waals surface area contributed by atoms with E-state index in [1.54, 1.807) is 0 Å². The minimum atomic E-state index is -4.29. The molecular weight excluding hydrogens is 296 g/mol. The van der Waals surface area contributed by atoms with Crippen LogP contribution in [-0.4, -0.2) is 0 Å². The van der Waals surface area contributed by atoms with Gasteiger partial charge in [-0.05, 0) is 41.8 Å². The molecular formula is C16H16F3OP. The van der Waals surface area contributed by atoms with Crippen LogP contribution in [0.25, 0.3) is 0 Å². The van der Waals surface area contributed by atoms with E-state index < -0.39 is 11.7 Å². The van der Waals surface area contributed by atoms with Crippen molar-refractivity contribution in [1.29, 1.82) is 0 Å². The average molecular weight is 312 g/mol. The van der Waals surface area contributed by atoms with E-state index in [9.17, 15) is 13.2 Å². The molecule has 2 atom stereocenters. The summed E-state index contributed by atoms with van der Waals surface area (Å²) >= 11 is 0. The van der Waals surface area contributed by atoms with Crippen LogP contribution in [0.5, 0.6) is 0 Å². The molecule has 1 aromatic carbocycles. The molecule has 0 amide bonds. The second-order valence-electron chi connectivity index (χ2n) is 4.84. The van der Waals surface area contributed by atoms with Gasteiger partial charge >= 0.3 is 6.18 Å². The second-order valence-corrected chi connectivity index (χ2v) is 5.07. The molecule has 21 heavy (non-hydrogen) atoms. The maximum atomic E-state index is 12.6. The van der Waals surface area contributed by atoms with Crippen LogP contribution in [0.15, 0.2) is 59.9 Å². The molecule has 1 aliphatic rings. The summed E-state index contributed by atoms with van der Waals surface area (Å²) in [5.41, 5.74) is 1.29. The summed E-state index contributed by atoms with van der Waals surface area (Å²) in [6.45, 7) is 1.98. The first kappa shape index (κ1) is 15.8. The normalized spacial score (nSPS) is 16.8. The Balaban J connectivity index is 2.17. The van der Waals surface area contributed by atoms with Crippen molar-refractivity contribution in [3.05, 3.63) is 71.0 Å². The molecule has 0 N–H and O–H groups in total. The first-order valence-corrected chi connectivity index (χ1v) is 7.01. The first-order chi connectivity index (χ1) is 9.91. The Labute approximate surface area is 124 Å². The molecule has 0 heterocycles. The maximum absolute atomic E-state index is 12.6. The predicted molar refractivity (Wildman–Crippen MR) is 80.6 cm³/mol. The van der Waals surface area contributed by atoms with Crippen molar-refractivity contribution >= 4 is 9.47 Å². The van der Waals surface area contributed by atoms with Gasteiger partial charge in [-0.15, -0.1) is 0 Å². The van der Waals surface area contributed by atoms with Gasteiger partial charge in [0, 0.05) is 5.92 Å². The average Bonchev–Trinajstić information content (AvgIpc) is 2.71. The van der Waals surface area contributed by atoms with Crippen LogP contribution in [0, 0.1) is 0 Å². The molecule has 0 bridgehead atoms. The Morgan fingerprint density at radius 3 is 2.33 bits per heavy atom. The molecule has 2 unspecified atom stereocenters. The van der Waals surface area contributed by atoms with E-state index in [2.05, 4.69) is 15.5 Å². The van der Waals surface area contributed by atoms with Gasteiger partial charge in [-0.25, -0.2) is 0 Å². The fourth-order valence-electron chi connectivity index (χ4n) is 2.19. The van der Waals surface area contributed by atoms with Gasteiger partial charge in [0.15, 0.2) is 0 Å². The van der Waals surface area contributed by atoms with Gasteiger partial charge in [0.05, 0.1) is 15.0 Å². The van der Waals surface area contributed by atoms with Crippen LogP contribution >= 0.6 is 9.47 Å². The van der Waals surface area contributed by atoms with E-state index in [0.29, 0.717) is 0 Å². The summed E-state index contributed by atoms with van der Waals surface area (Å²) in [6.07, 6.45) is 4.22. The highest BCUT2D eigenvalue weighted by Crippen LogP contribution is 2.32. The van der Waals surface area contributed by atoms with Gasteiger partial charge in [-0.2, -0.15) is 13.2 Å². The van der Waals surface area contributed by atoms with Gasteiger partial charge in [0.25, 0.3) is 0 Å². The summed E-state index contributed by atoms with van der Waals surface area (Å²) < 4.78 is 42.8. The Bertz CT molecular complexity index is 583. The predicted octanol–water partition coefficient (Wildman–Crippen LogP) is 5.39. The van der Waals surface area contributed by atoms with E-state index in [-0.39, 0.29) is 5.92 Å². The van der Waals surface area contributed by atoms with E-state index >= 15 is 0 Å². The van der Waals surface area contributed by atoms with Crippen molar-refractivity contribution < 1.29 is 17.7 Å². The summed E-state index contributed by atoms with van der Waals surface area (Å²) in [5, 5.41) is 0. The molecule has 5 heteroatoms. The zero-order valence-electron chi connectivity index (χ0n) is 11.5. The van der Waals surface area contributed by atoms with Crippen molar-refractivity contribution in [2.45, 2.75) is 25.4 Å². The standard InChI is InChI=1S/C16H16F3OP/c1-11(12-3-2-4-15(20-21)10-7-12)13-5-8-14(9-6-13)16(17,18)19/h3-11H,2,21H2,1H3. The minimum Gasteiger partial charge on any atom is -0.481 e. The Morgan fingerprint density at radius 2 is 1.76 bits per heavy atom. The van der Waals surface area contributed by atoms with E-state index in [4.69, 9.17) is 4.52 Å². The summed E-state index contributed by atoms with van der Waals surface area (Å²) in [5.74, 6) is 0.784. The van der Waals surface area contributed by atoms with Crippen LogP contribution < -0.4 is 0 Å². The fraction of sp³-hybridized carbons (Fsp3) is 0.250. The van der Waals surface area contributed by atoms with Crippen LogP contribution in [0.1, 0.15) is 30.4 Å². The van der Waals surface area contributed by atoms with Gasteiger partial charge in [-0.3, -0.25) is 0 Å². The van der Waals surface area contributed by atoms with Crippen LogP contribution in [0.2, 0.25) is 0 Å². The summed E-state index contributed by atoms with van der Waals surface area (Å²) in [7, 11) is 2.20. The zero-order chi connectivity index (χ0) is 15.5. The number of halogens is 3. The number of benzene rings is 1. The zero-order valence-corrected chi connectivity index (χ0v) is 12.7. The third-order valence-corrected chi connectivity index (χ3v) is 3.76. The molecule has 0 spiro atoms.